The number of likely N-dealkylation sites (N-methyl/N-ethyl adjacent to an activating group) is 1. The molecule has 2 aliphatic rings. The fourth-order valence-electron chi connectivity index (χ4n) is 4.33. The second kappa shape index (κ2) is 11.9. The Morgan fingerprint density at radius 2 is 1.85 bits per heavy atom. The number of ether oxygens (including phenoxy) is 1. The molecule has 1 saturated heterocycles. The lowest BCUT2D eigenvalue weighted by Crippen LogP contribution is -2.47. The average molecular weight is 382 g/mol. The van der Waals surface area contributed by atoms with Gasteiger partial charge in [0.2, 0.25) is 0 Å². The molecule has 2 fully saturated rings. The molecule has 1 aliphatic carbocycles. The van der Waals surface area contributed by atoms with Crippen LogP contribution in [-0.2, 0) is 4.74 Å². The molecule has 0 aromatic rings. The molecule has 1 unspecified atom stereocenters. The van der Waals surface area contributed by atoms with Crippen molar-refractivity contribution in [3.63, 3.8) is 0 Å². The number of nitrogens with one attached hydrogen (secondary N) is 2. The van der Waals surface area contributed by atoms with Gasteiger partial charge in [-0.25, -0.2) is 0 Å². The lowest BCUT2D eigenvalue weighted by atomic mass is 9.83. The standard InChI is InChI=1S/C21H43N5O/c1-5-22-20(24-18-21(10-15-27-4)8-6-7-9-21)23-16-19(2)17-26-13-11-25(3)12-14-26/h19H,5-18H2,1-4H3,(H2,22,23,24). The van der Waals surface area contributed by atoms with Crippen LogP contribution < -0.4 is 10.6 Å². The van der Waals surface area contributed by atoms with E-state index in [9.17, 15) is 0 Å². The Labute approximate surface area is 167 Å². The fraction of sp³-hybridized carbons (Fsp3) is 0.952. The molecule has 2 rings (SSSR count). The molecule has 1 saturated carbocycles. The molecule has 0 amide bonds. The number of hydrogen-bond donors (Lipinski definition) is 2. The third-order valence-corrected chi connectivity index (χ3v) is 6.20. The van der Waals surface area contributed by atoms with Gasteiger partial charge in [0.25, 0.3) is 0 Å². The van der Waals surface area contributed by atoms with Gasteiger partial charge < -0.3 is 25.2 Å². The Hall–Kier alpha value is -0.850. The molecule has 0 bridgehead atoms. The van der Waals surface area contributed by atoms with Crippen LogP contribution in [0.15, 0.2) is 4.99 Å². The van der Waals surface area contributed by atoms with E-state index in [1.54, 1.807) is 7.11 Å². The quantitative estimate of drug-likeness (QED) is 0.448. The van der Waals surface area contributed by atoms with Crippen molar-refractivity contribution in [1.29, 1.82) is 0 Å². The lowest BCUT2D eigenvalue weighted by Gasteiger charge is -2.34. The largest absolute Gasteiger partial charge is 0.385 e. The summed E-state index contributed by atoms with van der Waals surface area (Å²) in [5.74, 6) is 1.60. The van der Waals surface area contributed by atoms with E-state index in [1.165, 1.54) is 51.9 Å². The molecule has 1 heterocycles. The predicted molar refractivity (Wildman–Crippen MR) is 114 cm³/mol. The monoisotopic (exact) mass is 381 g/mol. The highest BCUT2D eigenvalue weighted by Gasteiger charge is 2.33. The van der Waals surface area contributed by atoms with E-state index in [1.807, 2.05) is 0 Å². The molecule has 27 heavy (non-hydrogen) atoms. The fourth-order valence-corrected chi connectivity index (χ4v) is 4.33. The number of methoxy groups -OCH3 is 1. The first-order chi connectivity index (χ1) is 13.1. The van der Waals surface area contributed by atoms with Gasteiger partial charge in [-0.15, -0.1) is 0 Å². The zero-order valence-electron chi connectivity index (χ0n) is 18.2. The molecule has 0 radical (unpaired) electrons. The van der Waals surface area contributed by atoms with E-state index in [4.69, 9.17) is 9.73 Å². The van der Waals surface area contributed by atoms with Crippen molar-refractivity contribution in [3.05, 3.63) is 0 Å². The van der Waals surface area contributed by atoms with Gasteiger partial charge >= 0.3 is 0 Å². The SMILES string of the molecule is CCNC(=NCC1(CCOC)CCCC1)NCC(C)CN1CCN(C)CC1. The predicted octanol–water partition coefficient (Wildman–Crippen LogP) is 2.02. The summed E-state index contributed by atoms with van der Waals surface area (Å²) < 4.78 is 5.35. The summed E-state index contributed by atoms with van der Waals surface area (Å²) in [6.07, 6.45) is 6.39. The molecule has 0 aromatic heterocycles. The van der Waals surface area contributed by atoms with E-state index in [2.05, 4.69) is 41.3 Å². The summed E-state index contributed by atoms with van der Waals surface area (Å²) in [4.78, 5) is 9.97. The van der Waals surface area contributed by atoms with Crippen LogP contribution in [0.3, 0.4) is 0 Å². The molecular formula is C21H43N5O. The van der Waals surface area contributed by atoms with Crippen molar-refractivity contribution in [1.82, 2.24) is 20.4 Å². The maximum Gasteiger partial charge on any atom is 0.191 e. The Morgan fingerprint density at radius 1 is 1.15 bits per heavy atom. The third kappa shape index (κ3) is 7.96. The Kier molecular flexibility index (Phi) is 9.87. The number of aliphatic imine (C=N–C) groups is 1. The van der Waals surface area contributed by atoms with Crippen LogP contribution >= 0.6 is 0 Å². The topological polar surface area (TPSA) is 52.1 Å². The zero-order valence-corrected chi connectivity index (χ0v) is 18.2. The lowest BCUT2D eigenvalue weighted by molar-refractivity contribution is 0.139. The van der Waals surface area contributed by atoms with Gasteiger partial charge in [-0.05, 0) is 44.6 Å². The number of hydrogen-bond acceptors (Lipinski definition) is 4. The average Bonchev–Trinajstić information content (AvgIpc) is 3.13. The van der Waals surface area contributed by atoms with Crippen molar-refractivity contribution in [2.75, 3.05) is 73.1 Å². The third-order valence-electron chi connectivity index (χ3n) is 6.20. The first-order valence-corrected chi connectivity index (χ1v) is 11.0. The van der Waals surface area contributed by atoms with Crippen LogP contribution in [0.2, 0.25) is 0 Å². The number of nitrogens with zero attached hydrogens (tertiary/aromatic N) is 3. The van der Waals surface area contributed by atoms with Crippen molar-refractivity contribution in [3.8, 4) is 0 Å². The molecule has 1 aliphatic heterocycles. The molecule has 2 N–H and O–H groups in total. The Morgan fingerprint density at radius 3 is 2.48 bits per heavy atom. The van der Waals surface area contributed by atoms with Gasteiger partial charge in [-0.3, -0.25) is 4.99 Å². The van der Waals surface area contributed by atoms with E-state index >= 15 is 0 Å². The molecule has 6 nitrogen and oxygen atoms in total. The number of piperazine rings is 1. The summed E-state index contributed by atoms with van der Waals surface area (Å²) in [5, 5.41) is 7.02. The molecule has 0 spiro atoms. The van der Waals surface area contributed by atoms with Gasteiger partial charge in [0.15, 0.2) is 5.96 Å². The first-order valence-electron chi connectivity index (χ1n) is 11.0. The maximum absolute atomic E-state index is 5.35. The number of rotatable bonds is 10. The van der Waals surface area contributed by atoms with Crippen LogP contribution in [0.25, 0.3) is 0 Å². The normalized spacial score (nSPS) is 22.7. The molecule has 0 aromatic carbocycles. The highest BCUT2D eigenvalue weighted by Crippen LogP contribution is 2.41. The summed E-state index contributed by atoms with van der Waals surface area (Å²) in [7, 11) is 4.02. The van der Waals surface area contributed by atoms with Crippen molar-refractivity contribution in [2.24, 2.45) is 16.3 Å². The molecule has 6 heteroatoms. The van der Waals surface area contributed by atoms with E-state index in [0.717, 1.165) is 45.2 Å². The highest BCUT2D eigenvalue weighted by atomic mass is 16.5. The minimum atomic E-state index is 0.351. The van der Waals surface area contributed by atoms with Crippen molar-refractivity contribution < 1.29 is 4.74 Å². The minimum absolute atomic E-state index is 0.351. The van der Waals surface area contributed by atoms with Gasteiger partial charge in [-0.2, -0.15) is 0 Å². The van der Waals surface area contributed by atoms with E-state index in [0.29, 0.717) is 11.3 Å². The van der Waals surface area contributed by atoms with E-state index < -0.39 is 0 Å². The van der Waals surface area contributed by atoms with Crippen LogP contribution in [-0.4, -0.2) is 88.9 Å². The first kappa shape index (κ1) is 22.4. The smallest absolute Gasteiger partial charge is 0.191 e. The molecular weight excluding hydrogens is 338 g/mol. The minimum Gasteiger partial charge on any atom is -0.385 e. The van der Waals surface area contributed by atoms with Crippen LogP contribution in [0.5, 0.6) is 0 Å². The zero-order chi connectivity index (χ0) is 19.5. The van der Waals surface area contributed by atoms with Crippen LogP contribution in [0, 0.1) is 11.3 Å². The second-order valence-electron chi connectivity index (χ2n) is 8.74. The van der Waals surface area contributed by atoms with Gasteiger partial charge in [0.1, 0.15) is 0 Å². The van der Waals surface area contributed by atoms with Crippen molar-refractivity contribution >= 4 is 5.96 Å². The molecule has 158 valence electrons. The summed E-state index contributed by atoms with van der Waals surface area (Å²) in [6.45, 7) is 14.0. The summed E-state index contributed by atoms with van der Waals surface area (Å²) >= 11 is 0. The second-order valence-corrected chi connectivity index (χ2v) is 8.74. The molecule has 1 atom stereocenters. The van der Waals surface area contributed by atoms with Gasteiger partial charge in [0.05, 0.1) is 0 Å². The van der Waals surface area contributed by atoms with Gasteiger partial charge in [-0.1, -0.05) is 19.8 Å². The highest BCUT2D eigenvalue weighted by molar-refractivity contribution is 5.79. The van der Waals surface area contributed by atoms with Crippen molar-refractivity contribution in [2.45, 2.75) is 46.0 Å². The maximum atomic E-state index is 5.35. The summed E-state index contributed by atoms with van der Waals surface area (Å²) in [6, 6.07) is 0. The van der Waals surface area contributed by atoms with Gasteiger partial charge in [0, 0.05) is 66.1 Å². The number of guanidine groups is 1. The Bertz CT molecular complexity index is 428. The van der Waals surface area contributed by atoms with Crippen LogP contribution in [0.4, 0.5) is 0 Å². The Balaban J connectivity index is 1.80. The van der Waals surface area contributed by atoms with Crippen LogP contribution in [0.1, 0.15) is 46.0 Å². The summed E-state index contributed by atoms with van der Waals surface area (Å²) in [5.41, 5.74) is 0.351. The van der Waals surface area contributed by atoms with E-state index in [-0.39, 0.29) is 0 Å².